The number of benzene rings is 3. The Hall–Kier alpha value is -3.99. The quantitative estimate of drug-likeness (QED) is 0.426. The van der Waals surface area contributed by atoms with Crippen molar-refractivity contribution < 1.29 is 19.0 Å². The van der Waals surface area contributed by atoms with Crippen molar-refractivity contribution in [3.05, 3.63) is 101 Å². The molecule has 5 heteroatoms. The zero-order chi connectivity index (χ0) is 20.9. The number of phenolic OH excluding ortho intramolecular Hbond substituents is 1. The predicted octanol–water partition coefficient (Wildman–Crippen LogP) is 5.31. The van der Waals surface area contributed by atoms with Crippen LogP contribution in [0.3, 0.4) is 0 Å². The van der Waals surface area contributed by atoms with Crippen LogP contribution in [0.4, 0.5) is 0 Å². The second-order valence-electron chi connectivity index (χ2n) is 6.64. The lowest BCUT2D eigenvalue weighted by Gasteiger charge is -2.15. The largest absolute Gasteiger partial charge is 0.504 e. The average molecular weight is 400 g/mol. The summed E-state index contributed by atoms with van der Waals surface area (Å²) in [5.41, 5.74) is 1.52. The van der Waals surface area contributed by atoms with Crippen LogP contribution in [0.15, 0.2) is 94.7 Å². The van der Waals surface area contributed by atoms with Gasteiger partial charge in [-0.1, -0.05) is 73.3 Å². The van der Waals surface area contributed by atoms with E-state index in [2.05, 4.69) is 6.58 Å². The lowest BCUT2D eigenvalue weighted by atomic mass is 10.1. The van der Waals surface area contributed by atoms with Gasteiger partial charge < -0.3 is 19.0 Å². The molecule has 0 fully saturated rings. The Balaban J connectivity index is 1.82. The third-order valence-corrected chi connectivity index (χ3v) is 4.55. The fourth-order valence-corrected chi connectivity index (χ4v) is 3.13. The van der Waals surface area contributed by atoms with Crippen LogP contribution in [0.1, 0.15) is 5.56 Å². The molecule has 0 amide bonds. The first-order valence-electron chi connectivity index (χ1n) is 9.47. The van der Waals surface area contributed by atoms with Crippen molar-refractivity contribution in [1.29, 1.82) is 0 Å². The molecule has 0 aliphatic carbocycles. The first kappa shape index (κ1) is 19.3. The summed E-state index contributed by atoms with van der Waals surface area (Å²) in [5.74, 6) is 0.452. The van der Waals surface area contributed by atoms with Crippen molar-refractivity contribution in [3.63, 3.8) is 0 Å². The Labute approximate surface area is 173 Å². The molecule has 0 bridgehead atoms. The Kier molecular flexibility index (Phi) is 5.52. The minimum atomic E-state index is -0.368. The number of hydrogen-bond acceptors (Lipinski definition) is 5. The summed E-state index contributed by atoms with van der Waals surface area (Å²) in [6.45, 7) is 4.06. The van der Waals surface area contributed by atoms with E-state index in [1.807, 2.05) is 60.7 Å². The van der Waals surface area contributed by atoms with Gasteiger partial charge in [-0.3, -0.25) is 4.79 Å². The lowest BCUT2D eigenvalue weighted by Crippen LogP contribution is -2.05. The lowest BCUT2D eigenvalue weighted by molar-refractivity contribution is 0.263. The molecule has 1 heterocycles. The summed E-state index contributed by atoms with van der Waals surface area (Å²) in [7, 11) is 0. The normalized spacial score (nSPS) is 10.7. The third-order valence-electron chi connectivity index (χ3n) is 4.55. The van der Waals surface area contributed by atoms with Crippen molar-refractivity contribution >= 4 is 11.0 Å². The molecule has 30 heavy (non-hydrogen) atoms. The minimum Gasteiger partial charge on any atom is -0.504 e. The first-order chi connectivity index (χ1) is 14.7. The molecular formula is C25H20O5. The van der Waals surface area contributed by atoms with Gasteiger partial charge >= 0.3 is 0 Å². The smallest absolute Gasteiger partial charge is 0.204 e. The molecule has 0 unspecified atom stereocenters. The van der Waals surface area contributed by atoms with Gasteiger partial charge in [-0.2, -0.15) is 0 Å². The zero-order valence-electron chi connectivity index (χ0n) is 16.2. The highest BCUT2D eigenvalue weighted by molar-refractivity contribution is 5.89. The van der Waals surface area contributed by atoms with E-state index < -0.39 is 0 Å². The molecule has 0 aliphatic rings. The number of phenols is 1. The summed E-state index contributed by atoms with van der Waals surface area (Å²) in [6, 6.07) is 21.7. The fourth-order valence-electron chi connectivity index (χ4n) is 3.13. The molecule has 0 saturated carbocycles. The van der Waals surface area contributed by atoms with Gasteiger partial charge in [-0.25, -0.2) is 0 Å². The van der Waals surface area contributed by atoms with Crippen molar-refractivity contribution in [3.8, 4) is 28.6 Å². The Morgan fingerprint density at radius 1 is 0.967 bits per heavy atom. The predicted molar refractivity (Wildman–Crippen MR) is 116 cm³/mol. The molecule has 0 atom stereocenters. The van der Waals surface area contributed by atoms with Crippen LogP contribution in [0.5, 0.6) is 17.2 Å². The molecule has 1 aromatic heterocycles. The van der Waals surface area contributed by atoms with Crippen molar-refractivity contribution in [2.24, 2.45) is 0 Å². The summed E-state index contributed by atoms with van der Waals surface area (Å²) in [4.78, 5) is 12.8. The average Bonchev–Trinajstić information content (AvgIpc) is 2.78. The highest BCUT2D eigenvalue weighted by Crippen LogP contribution is 2.43. The second kappa shape index (κ2) is 8.57. The van der Waals surface area contributed by atoms with E-state index in [-0.39, 0.29) is 46.9 Å². The van der Waals surface area contributed by atoms with Gasteiger partial charge in [0, 0.05) is 17.7 Å². The van der Waals surface area contributed by atoms with Gasteiger partial charge in [0.1, 0.15) is 29.9 Å². The number of rotatable bonds is 7. The Morgan fingerprint density at radius 3 is 2.37 bits per heavy atom. The Morgan fingerprint density at radius 2 is 1.67 bits per heavy atom. The number of fused-ring (bicyclic) bond motifs is 1. The highest BCUT2D eigenvalue weighted by Gasteiger charge is 2.20. The maximum atomic E-state index is 12.8. The van der Waals surface area contributed by atoms with Gasteiger partial charge in [0.2, 0.25) is 5.75 Å². The van der Waals surface area contributed by atoms with Gasteiger partial charge in [-0.05, 0) is 5.56 Å². The van der Waals surface area contributed by atoms with E-state index in [4.69, 9.17) is 13.9 Å². The molecule has 0 saturated heterocycles. The van der Waals surface area contributed by atoms with Gasteiger partial charge in [0.15, 0.2) is 16.9 Å². The molecule has 4 aromatic rings. The van der Waals surface area contributed by atoms with Crippen LogP contribution in [0, 0.1) is 0 Å². The SMILES string of the molecule is C=CCOc1cc2oc(-c3ccccc3)cc(=O)c2c(O)c1OCc1ccccc1. The molecule has 4 rings (SSSR count). The van der Waals surface area contributed by atoms with Crippen molar-refractivity contribution in [2.75, 3.05) is 6.61 Å². The molecule has 5 nitrogen and oxygen atoms in total. The van der Waals surface area contributed by atoms with Crippen LogP contribution in [-0.4, -0.2) is 11.7 Å². The standard InChI is InChI=1S/C25H20O5/c1-2-13-28-22-15-21-23(19(26)14-20(30-21)18-11-7-4-8-12-18)24(27)25(22)29-16-17-9-5-3-6-10-17/h2-12,14-15,27H,1,13,16H2. The number of hydrogen-bond donors (Lipinski definition) is 1. The molecule has 3 aromatic carbocycles. The third kappa shape index (κ3) is 3.91. The van der Waals surface area contributed by atoms with Crippen LogP contribution >= 0.6 is 0 Å². The van der Waals surface area contributed by atoms with E-state index in [1.165, 1.54) is 6.07 Å². The summed E-state index contributed by atoms with van der Waals surface area (Å²) in [5, 5.41) is 10.9. The van der Waals surface area contributed by atoms with Crippen molar-refractivity contribution in [2.45, 2.75) is 6.61 Å². The zero-order valence-corrected chi connectivity index (χ0v) is 16.2. The van der Waals surface area contributed by atoms with Crippen LogP contribution in [0.25, 0.3) is 22.3 Å². The molecule has 0 radical (unpaired) electrons. The van der Waals surface area contributed by atoms with E-state index in [1.54, 1.807) is 12.1 Å². The van der Waals surface area contributed by atoms with E-state index in [0.717, 1.165) is 11.1 Å². The van der Waals surface area contributed by atoms with Gasteiger partial charge in [0.25, 0.3) is 0 Å². The van der Waals surface area contributed by atoms with Gasteiger partial charge in [-0.15, -0.1) is 0 Å². The highest BCUT2D eigenvalue weighted by atomic mass is 16.5. The molecule has 0 aliphatic heterocycles. The minimum absolute atomic E-state index is 0.0451. The van der Waals surface area contributed by atoms with E-state index in [9.17, 15) is 9.90 Å². The molecule has 1 N–H and O–H groups in total. The maximum Gasteiger partial charge on any atom is 0.204 e. The van der Waals surface area contributed by atoms with E-state index >= 15 is 0 Å². The molecule has 150 valence electrons. The van der Waals surface area contributed by atoms with Crippen LogP contribution < -0.4 is 14.9 Å². The number of aromatic hydroxyl groups is 1. The Bertz CT molecular complexity index is 1230. The molecule has 0 spiro atoms. The fraction of sp³-hybridized carbons (Fsp3) is 0.0800. The van der Waals surface area contributed by atoms with Crippen LogP contribution in [-0.2, 0) is 6.61 Å². The van der Waals surface area contributed by atoms with Gasteiger partial charge in [0.05, 0.1) is 0 Å². The summed E-state index contributed by atoms with van der Waals surface area (Å²) >= 11 is 0. The van der Waals surface area contributed by atoms with Crippen molar-refractivity contribution in [1.82, 2.24) is 0 Å². The summed E-state index contributed by atoms with van der Waals surface area (Å²) < 4.78 is 17.4. The number of ether oxygens (including phenoxy) is 2. The molecular weight excluding hydrogens is 380 g/mol. The topological polar surface area (TPSA) is 68.9 Å². The monoisotopic (exact) mass is 400 g/mol. The maximum absolute atomic E-state index is 12.8. The van der Waals surface area contributed by atoms with Crippen LogP contribution in [0.2, 0.25) is 0 Å². The summed E-state index contributed by atoms with van der Waals surface area (Å²) in [6.07, 6.45) is 1.58. The van der Waals surface area contributed by atoms with E-state index in [0.29, 0.717) is 5.76 Å². The first-order valence-corrected chi connectivity index (χ1v) is 9.47. The second-order valence-corrected chi connectivity index (χ2v) is 6.64.